The molecule has 78 valence electrons. The molecule has 1 heterocycles. The first kappa shape index (κ1) is 11.8. The van der Waals surface area contributed by atoms with Gasteiger partial charge in [-0.1, -0.05) is 44.1 Å². The molecule has 0 radical (unpaired) electrons. The molecule has 2 N–H and O–H groups in total. The number of halogens is 1. The van der Waals surface area contributed by atoms with E-state index >= 15 is 0 Å². The monoisotopic (exact) mass is 230 g/mol. The Morgan fingerprint density at radius 1 is 1.50 bits per heavy atom. The Balaban J connectivity index is 2.98. The van der Waals surface area contributed by atoms with Gasteiger partial charge in [-0.15, -0.1) is 0 Å². The second-order valence-corrected chi connectivity index (χ2v) is 6.20. The van der Waals surface area contributed by atoms with Crippen LogP contribution in [-0.4, -0.2) is 9.73 Å². The highest BCUT2D eigenvalue weighted by Crippen LogP contribution is 2.35. The van der Waals surface area contributed by atoms with E-state index in [9.17, 15) is 0 Å². The molecular formula is C10H15ClN2S. The normalized spacial score (nSPS) is 11.8. The smallest absolute Gasteiger partial charge is 0.115 e. The molecule has 14 heavy (non-hydrogen) atoms. The van der Waals surface area contributed by atoms with Crippen molar-refractivity contribution in [3.63, 3.8) is 0 Å². The van der Waals surface area contributed by atoms with Gasteiger partial charge < -0.3 is 5.73 Å². The van der Waals surface area contributed by atoms with Crippen LogP contribution >= 0.6 is 23.4 Å². The maximum absolute atomic E-state index is 6.15. The van der Waals surface area contributed by atoms with Crippen molar-refractivity contribution in [3.8, 4) is 0 Å². The Morgan fingerprint density at radius 2 is 2.14 bits per heavy atom. The Hall–Kier alpha value is -0.250. The maximum Gasteiger partial charge on any atom is 0.115 e. The first-order chi connectivity index (χ1) is 6.44. The quantitative estimate of drug-likeness (QED) is 0.794. The van der Waals surface area contributed by atoms with Gasteiger partial charge >= 0.3 is 0 Å². The molecule has 4 heteroatoms. The summed E-state index contributed by atoms with van der Waals surface area (Å²) in [5.74, 6) is 0. The number of pyridine rings is 1. The summed E-state index contributed by atoms with van der Waals surface area (Å²) in [7, 11) is 0. The zero-order chi connectivity index (χ0) is 10.8. The van der Waals surface area contributed by atoms with Crippen LogP contribution < -0.4 is 5.73 Å². The van der Waals surface area contributed by atoms with E-state index in [4.69, 9.17) is 17.3 Å². The SMILES string of the molecule is CC(C)(C)Sc1nccc(CN)c1Cl. The van der Waals surface area contributed by atoms with Crippen LogP contribution in [-0.2, 0) is 6.54 Å². The molecule has 0 amide bonds. The highest BCUT2D eigenvalue weighted by molar-refractivity contribution is 8.00. The number of nitrogens with two attached hydrogens (primary N) is 1. The van der Waals surface area contributed by atoms with Gasteiger partial charge in [0.15, 0.2) is 0 Å². The summed E-state index contributed by atoms with van der Waals surface area (Å²) in [6.45, 7) is 6.85. The van der Waals surface area contributed by atoms with Gasteiger partial charge in [-0.25, -0.2) is 4.98 Å². The van der Waals surface area contributed by atoms with E-state index < -0.39 is 0 Å². The van der Waals surface area contributed by atoms with E-state index in [1.54, 1.807) is 18.0 Å². The summed E-state index contributed by atoms with van der Waals surface area (Å²) in [6, 6.07) is 1.86. The summed E-state index contributed by atoms with van der Waals surface area (Å²) in [5.41, 5.74) is 6.51. The second kappa shape index (κ2) is 4.51. The molecule has 0 unspecified atom stereocenters. The molecule has 1 aromatic heterocycles. The van der Waals surface area contributed by atoms with Crippen LogP contribution in [0.3, 0.4) is 0 Å². The van der Waals surface area contributed by atoms with Crippen molar-refractivity contribution >= 4 is 23.4 Å². The van der Waals surface area contributed by atoms with E-state index in [0.29, 0.717) is 11.6 Å². The van der Waals surface area contributed by atoms with Crippen LogP contribution in [0.5, 0.6) is 0 Å². The maximum atomic E-state index is 6.15. The number of rotatable bonds is 2. The molecule has 0 aromatic carbocycles. The van der Waals surface area contributed by atoms with Gasteiger partial charge in [-0.2, -0.15) is 0 Å². The van der Waals surface area contributed by atoms with Crippen molar-refractivity contribution in [1.82, 2.24) is 4.98 Å². The minimum Gasteiger partial charge on any atom is -0.326 e. The zero-order valence-corrected chi connectivity index (χ0v) is 10.2. The van der Waals surface area contributed by atoms with Crippen LogP contribution in [0, 0.1) is 0 Å². The molecule has 0 saturated carbocycles. The van der Waals surface area contributed by atoms with E-state index in [0.717, 1.165) is 10.6 Å². The van der Waals surface area contributed by atoms with Crippen molar-refractivity contribution < 1.29 is 0 Å². The lowest BCUT2D eigenvalue weighted by atomic mass is 10.3. The molecule has 0 aliphatic carbocycles. The summed E-state index contributed by atoms with van der Waals surface area (Å²) in [5, 5.41) is 1.55. The van der Waals surface area contributed by atoms with Crippen molar-refractivity contribution in [2.75, 3.05) is 0 Å². The standard InChI is InChI=1S/C10H15ClN2S/c1-10(2,3)14-9-8(11)7(6-12)4-5-13-9/h4-5H,6,12H2,1-3H3. The van der Waals surface area contributed by atoms with Gasteiger partial charge in [0, 0.05) is 17.5 Å². The van der Waals surface area contributed by atoms with E-state index in [1.807, 2.05) is 6.07 Å². The highest BCUT2D eigenvalue weighted by atomic mass is 35.5. The molecule has 2 nitrogen and oxygen atoms in total. The number of aromatic nitrogens is 1. The highest BCUT2D eigenvalue weighted by Gasteiger charge is 2.16. The van der Waals surface area contributed by atoms with Crippen molar-refractivity contribution in [2.45, 2.75) is 37.1 Å². The van der Waals surface area contributed by atoms with Gasteiger partial charge in [-0.05, 0) is 11.6 Å². The van der Waals surface area contributed by atoms with E-state index in [1.165, 1.54) is 0 Å². The number of hydrogen-bond acceptors (Lipinski definition) is 3. The summed E-state index contributed by atoms with van der Waals surface area (Å²) in [6.07, 6.45) is 1.75. The van der Waals surface area contributed by atoms with Crippen LogP contribution in [0.1, 0.15) is 26.3 Å². The minimum atomic E-state index is 0.115. The van der Waals surface area contributed by atoms with E-state index in [2.05, 4.69) is 25.8 Å². The molecular weight excluding hydrogens is 216 g/mol. The lowest BCUT2D eigenvalue weighted by Gasteiger charge is -2.18. The van der Waals surface area contributed by atoms with Crippen LogP contribution in [0.4, 0.5) is 0 Å². The molecule has 0 bridgehead atoms. The van der Waals surface area contributed by atoms with Gasteiger partial charge in [0.25, 0.3) is 0 Å². The lowest BCUT2D eigenvalue weighted by Crippen LogP contribution is -2.08. The number of hydrogen-bond donors (Lipinski definition) is 1. The van der Waals surface area contributed by atoms with Gasteiger partial charge in [-0.3, -0.25) is 0 Å². The number of nitrogens with zero attached hydrogens (tertiary/aromatic N) is 1. The molecule has 0 spiro atoms. The van der Waals surface area contributed by atoms with Crippen LogP contribution in [0.2, 0.25) is 5.02 Å². The summed E-state index contributed by atoms with van der Waals surface area (Å²) >= 11 is 7.81. The Bertz CT molecular complexity index is 320. The predicted molar refractivity (Wildman–Crippen MR) is 62.7 cm³/mol. The molecule has 0 aliphatic rings. The Kier molecular flexibility index (Phi) is 3.81. The number of thioether (sulfide) groups is 1. The molecule has 1 aromatic rings. The molecule has 0 aliphatic heterocycles. The molecule has 1 rings (SSSR count). The van der Waals surface area contributed by atoms with Crippen molar-refractivity contribution in [1.29, 1.82) is 0 Å². The zero-order valence-electron chi connectivity index (χ0n) is 8.67. The third-order valence-electron chi connectivity index (χ3n) is 1.56. The molecule has 0 atom stereocenters. The third-order valence-corrected chi connectivity index (χ3v) is 3.21. The van der Waals surface area contributed by atoms with Crippen molar-refractivity contribution in [2.24, 2.45) is 5.73 Å². The minimum absolute atomic E-state index is 0.115. The molecule has 0 saturated heterocycles. The average molecular weight is 231 g/mol. The fraction of sp³-hybridized carbons (Fsp3) is 0.500. The Labute approximate surface area is 94.2 Å². The van der Waals surface area contributed by atoms with Gasteiger partial charge in [0.05, 0.1) is 5.02 Å². The average Bonchev–Trinajstić information content (AvgIpc) is 2.06. The van der Waals surface area contributed by atoms with Gasteiger partial charge in [0.2, 0.25) is 0 Å². The first-order valence-electron chi connectivity index (χ1n) is 4.46. The fourth-order valence-electron chi connectivity index (χ4n) is 0.981. The fourth-order valence-corrected chi connectivity index (χ4v) is 2.20. The third kappa shape index (κ3) is 3.15. The largest absolute Gasteiger partial charge is 0.326 e. The van der Waals surface area contributed by atoms with Crippen LogP contribution in [0.25, 0.3) is 0 Å². The van der Waals surface area contributed by atoms with Crippen molar-refractivity contribution in [3.05, 3.63) is 22.8 Å². The first-order valence-corrected chi connectivity index (χ1v) is 5.66. The lowest BCUT2D eigenvalue weighted by molar-refractivity contribution is 0.798. The second-order valence-electron chi connectivity index (χ2n) is 4.01. The Morgan fingerprint density at radius 3 is 2.64 bits per heavy atom. The molecule has 0 fully saturated rings. The summed E-state index contributed by atoms with van der Waals surface area (Å²) < 4.78 is 0.115. The topological polar surface area (TPSA) is 38.9 Å². The predicted octanol–water partition coefficient (Wildman–Crippen LogP) is 3.08. The summed E-state index contributed by atoms with van der Waals surface area (Å²) in [4.78, 5) is 4.25. The van der Waals surface area contributed by atoms with Gasteiger partial charge in [0.1, 0.15) is 5.03 Å². The van der Waals surface area contributed by atoms with Crippen LogP contribution in [0.15, 0.2) is 17.3 Å². The van der Waals surface area contributed by atoms with E-state index in [-0.39, 0.29) is 4.75 Å².